The van der Waals surface area contributed by atoms with Crippen LogP contribution in [0.4, 0.5) is 0 Å². The summed E-state index contributed by atoms with van der Waals surface area (Å²) in [7, 11) is 0. The summed E-state index contributed by atoms with van der Waals surface area (Å²) in [5, 5.41) is 3.43. The summed E-state index contributed by atoms with van der Waals surface area (Å²) in [5.74, 6) is 2.85. The molecule has 2 heterocycles. The first kappa shape index (κ1) is 21.5. The standard InChI is InChI=1S/C20H33N3O2.HI/c1-2-21-20(22-12-9-18-8-5-15-24-18)23-13-10-19(11-14-23)25-16-17-6-3-4-7-17;/h5,8,15,17,19H,2-4,6-7,9-14,16H2,1H3,(H,21,22);1H. The topological polar surface area (TPSA) is 50.0 Å². The molecular weight excluding hydrogens is 441 g/mol. The van der Waals surface area contributed by atoms with Crippen molar-refractivity contribution in [2.45, 2.75) is 58.0 Å². The van der Waals surface area contributed by atoms with Gasteiger partial charge in [0.15, 0.2) is 5.96 Å². The molecule has 0 aromatic carbocycles. The molecule has 0 unspecified atom stereocenters. The summed E-state index contributed by atoms with van der Waals surface area (Å²) in [6.45, 7) is 6.82. The third kappa shape index (κ3) is 6.76. The zero-order valence-electron chi connectivity index (χ0n) is 16.0. The molecule has 0 bridgehead atoms. The Kier molecular flexibility index (Phi) is 9.82. The minimum Gasteiger partial charge on any atom is -0.469 e. The number of guanidine groups is 1. The highest BCUT2D eigenvalue weighted by Gasteiger charge is 2.23. The maximum Gasteiger partial charge on any atom is 0.193 e. The average Bonchev–Trinajstić information content (AvgIpc) is 3.34. The van der Waals surface area contributed by atoms with Crippen LogP contribution >= 0.6 is 24.0 Å². The molecule has 0 amide bonds. The number of aliphatic imine (C=N–C) groups is 1. The molecule has 1 aliphatic heterocycles. The fourth-order valence-electron chi connectivity index (χ4n) is 3.84. The van der Waals surface area contributed by atoms with Crippen LogP contribution in [-0.2, 0) is 11.2 Å². The maximum atomic E-state index is 6.19. The molecule has 0 spiro atoms. The summed E-state index contributed by atoms with van der Waals surface area (Å²) in [6, 6.07) is 3.94. The van der Waals surface area contributed by atoms with E-state index >= 15 is 0 Å². The van der Waals surface area contributed by atoms with Gasteiger partial charge in [0.05, 0.1) is 12.4 Å². The summed E-state index contributed by atoms with van der Waals surface area (Å²) in [6.07, 6.45) is 10.7. The number of halogens is 1. The van der Waals surface area contributed by atoms with E-state index in [1.807, 2.05) is 12.1 Å². The molecule has 26 heavy (non-hydrogen) atoms. The van der Waals surface area contributed by atoms with Crippen LogP contribution in [0.15, 0.2) is 27.8 Å². The van der Waals surface area contributed by atoms with E-state index in [4.69, 9.17) is 14.1 Å². The summed E-state index contributed by atoms with van der Waals surface area (Å²) in [4.78, 5) is 7.15. The van der Waals surface area contributed by atoms with Crippen molar-refractivity contribution in [3.63, 3.8) is 0 Å². The summed E-state index contributed by atoms with van der Waals surface area (Å²) in [5.41, 5.74) is 0. The van der Waals surface area contributed by atoms with Crippen molar-refractivity contribution >= 4 is 29.9 Å². The molecule has 2 fully saturated rings. The molecule has 148 valence electrons. The van der Waals surface area contributed by atoms with E-state index in [9.17, 15) is 0 Å². The fourth-order valence-corrected chi connectivity index (χ4v) is 3.84. The lowest BCUT2D eigenvalue weighted by atomic mass is 10.1. The highest BCUT2D eigenvalue weighted by atomic mass is 127. The van der Waals surface area contributed by atoms with Crippen LogP contribution in [0.1, 0.15) is 51.2 Å². The van der Waals surface area contributed by atoms with E-state index < -0.39 is 0 Å². The van der Waals surface area contributed by atoms with Gasteiger partial charge in [-0.1, -0.05) is 12.8 Å². The maximum absolute atomic E-state index is 6.19. The van der Waals surface area contributed by atoms with Gasteiger partial charge in [0.25, 0.3) is 0 Å². The molecule has 3 rings (SSSR count). The monoisotopic (exact) mass is 475 g/mol. The Hall–Kier alpha value is -0.760. The Morgan fingerprint density at radius 1 is 1.27 bits per heavy atom. The minimum atomic E-state index is 0. The predicted molar refractivity (Wildman–Crippen MR) is 116 cm³/mol. The summed E-state index contributed by atoms with van der Waals surface area (Å²) >= 11 is 0. The normalized spacial score (nSPS) is 19.6. The van der Waals surface area contributed by atoms with Gasteiger partial charge in [0.2, 0.25) is 0 Å². The number of furan rings is 1. The molecule has 1 N–H and O–H groups in total. The van der Waals surface area contributed by atoms with Crippen molar-refractivity contribution in [2.75, 3.05) is 32.8 Å². The highest BCUT2D eigenvalue weighted by Crippen LogP contribution is 2.26. The van der Waals surface area contributed by atoms with Crippen molar-refractivity contribution in [1.82, 2.24) is 10.2 Å². The number of piperidine rings is 1. The second kappa shape index (κ2) is 11.8. The van der Waals surface area contributed by atoms with Crippen LogP contribution in [0.25, 0.3) is 0 Å². The molecule has 1 aliphatic carbocycles. The molecule has 6 heteroatoms. The van der Waals surface area contributed by atoms with Crippen molar-refractivity contribution in [1.29, 1.82) is 0 Å². The van der Waals surface area contributed by atoms with Crippen molar-refractivity contribution < 1.29 is 9.15 Å². The van der Waals surface area contributed by atoms with E-state index in [0.717, 1.165) is 69.7 Å². The number of nitrogens with zero attached hydrogens (tertiary/aromatic N) is 2. The Balaban J connectivity index is 0.00000243. The molecule has 1 aromatic heterocycles. The van der Waals surface area contributed by atoms with Gasteiger partial charge in [0.1, 0.15) is 5.76 Å². The number of rotatable bonds is 7. The second-order valence-corrected chi connectivity index (χ2v) is 7.24. The summed E-state index contributed by atoms with van der Waals surface area (Å²) < 4.78 is 11.6. The average molecular weight is 475 g/mol. The predicted octanol–water partition coefficient (Wildman–Crippen LogP) is 4.08. The van der Waals surface area contributed by atoms with Gasteiger partial charge in [-0.15, -0.1) is 24.0 Å². The third-order valence-corrected chi connectivity index (χ3v) is 5.32. The zero-order valence-corrected chi connectivity index (χ0v) is 18.3. The van der Waals surface area contributed by atoms with Crippen LogP contribution in [0.2, 0.25) is 0 Å². The number of hydrogen-bond acceptors (Lipinski definition) is 3. The second-order valence-electron chi connectivity index (χ2n) is 7.24. The molecule has 1 saturated heterocycles. The molecule has 1 aromatic rings. The molecule has 1 saturated carbocycles. The van der Waals surface area contributed by atoms with E-state index in [0.29, 0.717) is 6.10 Å². The van der Waals surface area contributed by atoms with E-state index in [1.54, 1.807) is 6.26 Å². The number of nitrogens with one attached hydrogen (secondary N) is 1. The van der Waals surface area contributed by atoms with Crippen LogP contribution in [0.5, 0.6) is 0 Å². The van der Waals surface area contributed by atoms with Gasteiger partial charge in [-0.25, -0.2) is 0 Å². The first-order chi connectivity index (χ1) is 12.3. The van der Waals surface area contributed by atoms with Crippen LogP contribution in [0, 0.1) is 5.92 Å². The van der Waals surface area contributed by atoms with Crippen molar-refractivity contribution in [3.05, 3.63) is 24.2 Å². The minimum absolute atomic E-state index is 0. The van der Waals surface area contributed by atoms with Gasteiger partial charge in [-0.3, -0.25) is 4.99 Å². The van der Waals surface area contributed by atoms with Gasteiger partial charge >= 0.3 is 0 Å². The van der Waals surface area contributed by atoms with Gasteiger partial charge in [0, 0.05) is 39.2 Å². The number of ether oxygens (including phenoxy) is 1. The molecule has 0 atom stereocenters. The van der Waals surface area contributed by atoms with Gasteiger partial charge < -0.3 is 19.4 Å². The lowest BCUT2D eigenvalue weighted by Gasteiger charge is -2.34. The van der Waals surface area contributed by atoms with E-state index in [-0.39, 0.29) is 24.0 Å². The first-order valence-electron chi connectivity index (χ1n) is 10.0. The van der Waals surface area contributed by atoms with Crippen LogP contribution in [0.3, 0.4) is 0 Å². The number of hydrogen-bond donors (Lipinski definition) is 1. The highest BCUT2D eigenvalue weighted by molar-refractivity contribution is 14.0. The Bertz CT molecular complexity index is 507. The largest absolute Gasteiger partial charge is 0.469 e. The first-order valence-corrected chi connectivity index (χ1v) is 10.0. The van der Waals surface area contributed by atoms with E-state index in [1.165, 1.54) is 25.7 Å². The molecule has 2 aliphatic rings. The lowest BCUT2D eigenvalue weighted by Crippen LogP contribution is -2.47. The lowest BCUT2D eigenvalue weighted by molar-refractivity contribution is 0.00102. The van der Waals surface area contributed by atoms with Crippen LogP contribution < -0.4 is 5.32 Å². The number of likely N-dealkylation sites (tertiary alicyclic amines) is 1. The fraction of sp³-hybridized carbons (Fsp3) is 0.750. The van der Waals surface area contributed by atoms with Crippen LogP contribution in [-0.4, -0.2) is 49.7 Å². The molecular formula is C20H34IN3O2. The zero-order chi connectivity index (χ0) is 17.3. The Morgan fingerprint density at radius 3 is 2.69 bits per heavy atom. The smallest absolute Gasteiger partial charge is 0.193 e. The Morgan fingerprint density at radius 2 is 2.04 bits per heavy atom. The van der Waals surface area contributed by atoms with Gasteiger partial charge in [-0.05, 0) is 50.7 Å². The molecule has 5 nitrogen and oxygen atoms in total. The SMILES string of the molecule is CCNC(=NCCc1ccco1)N1CCC(OCC2CCCC2)CC1.I. The van der Waals surface area contributed by atoms with E-state index in [2.05, 4.69) is 17.1 Å². The third-order valence-electron chi connectivity index (χ3n) is 5.32. The Labute approximate surface area is 175 Å². The quantitative estimate of drug-likeness (QED) is 0.367. The molecule has 0 radical (unpaired) electrons. The van der Waals surface area contributed by atoms with Crippen molar-refractivity contribution in [2.24, 2.45) is 10.9 Å². The van der Waals surface area contributed by atoms with Crippen molar-refractivity contribution in [3.8, 4) is 0 Å². The van der Waals surface area contributed by atoms with Gasteiger partial charge in [-0.2, -0.15) is 0 Å².